The van der Waals surface area contributed by atoms with E-state index in [2.05, 4.69) is 5.32 Å². The normalized spacial score (nSPS) is 13.9. The first-order valence-corrected chi connectivity index (χ1v) is 9.35. The van der Waals surface area contributed by atoms with Crippen molar-refractivity contribution in [2.24, 2.45) is 5.92 Å². The summed E-state index contributed by atoms with van der Waals surface area (Å²) in [7, 11) is 1.70. The van der Waals surface area contributed by atoms with Gasteiger partial charge < -0.3 is 19.7 Å². The molecule has 0 radical (unpaired) electrons. The Balaban J connectivity index is 5.78. The molecule has 0 saturated carbocycles. The molecule has 0 rings (SSSR count). The molecule has 0 aromatic rings. The van der Waals surface area contributed by atoms with Crippen LogP contribution in [0.2, 0.25) is 0 Å². The first kappa shape index (κ1) is 24.4. The first-order chi connectivity index (χ1) is 12.0. The second kappa shape index (κ2) is 11.2. The average Bonchev–Trinajstić information content (AvgIpc) is 2.49. The summed E-state index contributed by atoms with van der Waals surface area (Å²) in [5.41, 5.74) is -0.775. The van der Waals surface area contributed by atoms with Gasteiger partial charge in [-0.3, -0.25) is 4.79 Å². The Labute approximate surface area is 157 Å². The molecule has 7 nitrogen and oxygen atoms in total. The molecule has 7 heteroatoms. The molecule has 0 aromatic heterocycles. The van der Waals surface area contributed by atoms with E-state index in [4.69, 9.17) is 9.47 Å². The lowest BCUT2D eigenvalue weighted by atomic mass is 10.0. The Morgan fingerprint density at radius 1 is 1.08 bits per heavy atom. The smallest absolute Gasteiger partial charge is 0.341 e. The number of ether oxygens (including phenoxy) is 2. The Kier molecular flexibility index (Phi) is 10.5. The predicted octanol–water partition coefficient (Wildman–Crippen LogP) is 2.13. The molecule has 0 fully saturated rings. The van der Waals surface area contributed by atoms with E-state index in [1.165, 1.54) is 4.90 Å². The Bertz CT molecular complexity index is 471. The molecule has 0 spiro atoms. The van der Waals surface area contributed by atoms with E-state index in [1.807, 2.05) is 20.8 Å². The minimum Gasteiger partial charge on any atom is -0.464 e. The predicted molar refractivity (Wildman–Crippen MR) is 101 cm³/mol. The summed E-state index contributed by atoms with van der Waals surface area (Å²) in [6.45, 7) is 13.1. The van der Waals surface area contributed by atoms with Crippen molar-refractivity contribution in [2.45, 2.75) is 79.0 Å². The van der Waals surface area contributed by atoms with Crippen molar-refractivity contribution in [2.75, 3.05) is 20.2 Å². The van der Waals surface area contributed by atoms with Gasteiger partial charge in [0.1, 0.15) is 5.60 Å². The number of nitrogens with one attached hydrogen (secondary N) is 1. The van der Waals surface area contributed by atoms with Crippen LogP contribution >= 0.6 is 0 Å². The fraction of sp³-hybridized carbons (Fsp3) is 0.842. The van der Waals surface area contributed by atoms with E-state index in [0.29, 0.717) is 12.8 Å². The van der Waals surface area contributed by atoms with Crippen molar-refractivity contribution in [3.63, 3.8) is 0 Å². The van der Waals surface area contributed by atoms with Crippen LogP contribution in [0.5, 0.6) is 0 Å². The molecule has 2 atom stereocenters. The molecule has 0 unspecified atom stereocenters. The molecular formula is C19H36N2O5. The van der Waals surface area contributed by atoms with Crippen molar-refractivity contribution < 1.29 is 23.9 Å². The van der Waals surface area contributed by atoms with Crippen LogP contribution in [-0.4, -0.2) is 60.6 Å². The van der Waals surface area contributed by atoms with Gasteiger partial charge in [0.05, 0.1) is 12.6 Å². The number of nitrogens with zero attached hydrogens (tertiary/aromatic N) is 1. The third-order valence-corrected chi connectivity index (χ3v) is 3.55. The van der Waals surface area contributed by atoms with Crippen molar-refractivity contribution >= 4 is 17.8 Å². The van der Waals surface area contributed by atoms with Crippen LogP contribution in [0.3, 0.4) is 0 Å². The lowest BCUT2D eigenvalue weighted by Crippen LogP contribution is -2.57. The Hall–Kier alpha value is -1.63. The molecule has 152 valence electrons. The van der Waals surface area contributed by atoms with Crippen LogP contribution < -0.4 is 5.32 Å². The summed E-state index contributed by atoms with van der Waals surface area (Å²) in [5, 5.41) is 2.99. The summed E-state index contributed by atoms with van der Waals surface area (Å²) < 4.78 is 10.4. The van der Waals surface area contributed by atoms with E-state index in [9.17, 15) is 14.4 Å². The average molecular weight is 373 g/mol. The Morgan fingerprint density at radius 3 is 2.04 bits per heavy atom. The lowest BCUT2D eigenvalue weighted by molar-refractivity contribution is -0.174. The number of hydrogen-bond acceptors (Lipinski definition) is 6. The highest BCUT2D eigenvalue weighted by Gasteiger charge is 2.41. The number of likely N-dealkylation sites (N-methyl/N-ethyl adjacent to an activating group) is 1. The number of hydrogen-bond donors (Lipinski definition) is 1. The highest BCUT2D eigenvalue weighted by molar-refractivity contribution is 6.03. The Morgan fingerprint density at radius 2 is 1.65 bits per heavy atom. The van der Waals surface area contributed by atoms with Crippen LogP contribution in [0.4, 0.5) is 0 Å². The highest BCUT2D eigenvalue weighted by atomic mass is 16.6. The van der Waals surface area contributed by atoms with Gasteiger partial charge in [0, 0.05) is 6.54 Å². The molecule has 1 amide bonds. The van der Waals surface area contributed by atoms with E-state index in [-0.39, 0.29) is 25.0 Å². The van der Waals surface area contributed by atoms with Gasteiger partial charge in [-0.05, 0) is 53.5 Å². The van der Waals surface area contributed by atoms with Crippen LogP contribution in [0.15, 0.2) is 0 Å². The number of amides is 1. The van der Waals surface area contributed by atoms with E-state index in [0.717, 1.165) is 0 Å². The molecule has 26 heavy (non-hydrogen) atoms. The molecule has 0 aliphatic heterocycles. The minimum absolute atomic E-state index is 0.119. The van der Waals surface area contributed by atoms with Crippen molar-refractivity contribution in [1.29, 1.82) is 0 Å². The number of carbonyl (C=O) groups excluding carboxylic acids is 3. The molecule has 0 bridgehead atoms. The van der Waals surface area contributed by atoms with Crippen LogP contribution in [0, 0.1) is 5.92 Å². The second-order valence-electron chi connectivity index (χ2n) is 7.69. The summed E-state index contributed by atoms with van der Waals surface area (Å²) in [6.07, 6.45) is 1.20. The lowest BCUT2D eigenvalue weighted by Gasteiger charge is -2.33. The highest BCUT2D eigenvalue weighted by Crippen LogP contribution is 2.16. The van der Waals surface area contributed by atoms with Crippen molar-refractivity contribution in [3.8, 4) is 0 Å². The number of carbonyl (C=O) groups is 3. The third-order valence-electron chi connectivity index (χ3n) is 3.55. The SMILES string of the molecule is CCCN(C(=O)[C@H](CC(C)C)NC)[C@H](C(=O)OCC)C(=O)OC(C)(C)C. The van der Waals surface area contributed by atoms with E-state index in [1.54, 1.807) is 34.7 Å². The number of rotatable bonds is 10. The molecule has 0 saturated heterocycles. The van der Waals surface area contributed by atoms with Crippen molar-refractivity contribution in [3.05, 3.63) is 0 Å². The van der Waals surface area contributed by atoms with Gasteiger partial charge in [0.2, 0.25) is 11.9 Å². The van der Waals surface area contributed by atoms with Crippen LogP contribution in [0.1, 0.15) is 61.3 Å². The summed E-state index contributed by atoms with van der Waals surface area (Å²) in [5.74, 6) is -1.55. The topological polar surface area (TPSA) is 84.9 Å². The van der Waals surface area contributed by atoms with E-state index < -0.39 is 29.6 Å². The monoisotopic (exact) mass is 372 g/mol. The molecule has 0 heterocycles. The third kappa shape index (κ3) is 8.17. The van der Waals surface area contributed by atoms with E-state index >= 15 is 0 Å². The fourth-order valence-corrected chi connectivity index (χ4v) is 2.55. The zero-order chi connectivity index (χ0) is 20.5. The maximum Gasteiger partial charge on any atom is 0.341 e. The van der Waals surface area contributed by atoms with Gasteiger partial charge in [0.25, 0.3) is 0 Å². The molecule has 0 aromatic carbocycles. The summed E-state index contributed by atoms with van der Waals surface area (Å²) in [6, 6.07) is -1.88. The zero-order valence-corrected chi connectivity index (χ0v) is 17.5. The molecule has 0 aliphatic rings. The summed E-state index contributed by atoms with van der Waals surface area (Å²) in [4.78, 5) is 39.5. The van der Waals surface area contributed by atoms with Gasteiger partial charge in [0.15, 0.2) is 0 Å². The van der Waals surface area contributed by atoms with Crippen molar-refractivity contribution in [1.82, 2.24) is 10.2 Å². The van der Waals surface area contributed by atoms with Gasteiger partial charge in [-0.15, -0.1) is 0 Å². The quantitative estimate of drug-likeness (QED) is 0.467. The molecule has 1 N–H and O–H groups in total. The largest absolute Gasteiger partial charge is 0.464 e. The van der Waals surface area contributed by atoms with Gasteiger partial charge in [-0.25, -0.2) is 9.59 Å². The molecule has 0 aliphatic carbocycles. The zero-order valence-electron chi connectivity index (χ0n) is 17.5. The maximum absolute atomic E-state index is 13.1. The standard InChI is InChI=1S/C19H36N2O5/c1-9-11-21(16(22)14(20-8)12-13(3)4)15(17(23)25-10-2)18(24)26-19(5,6)7/h13-15,20H,9-12H2,1-8H3/t14-,15+/m0/s1. The van der Waals surface area contributed by atoms with Gasteiger partial charge in [-0.2, -0.15) is 0 Å². The van der Waals surface area contributed by atoms with Gasteiger partial charge >= 0.3 is 11.9 Å². The maximum atomic E-state index is 13.1. The summed E-state index contributed by atoms with van der Waals surface area (Å²) >= 11 is 0. The first-order valence-electron chi connectivity index (χ1n) is 9.35. The van der Waals surface area contributed by atoms with Crippen LogP contribution in [0.25, 0.3) is 0 Å². The van der Waals surface area contributed by atoms with Crippen LogP contribution in [-0.2, 0) is 23.9 Å². The van der Waals surface area contributed by atoms with Gasteiger partial charge in [-0.1, -0.05) is 20.8 Å². The molecular weight excluding hydrogens is 336 g/mol. The minimum atomic E-state index is -1.40. The second-order valence-corrected chi connectivity index (χ2v) is 7.69. The number of esters is 2. The fourth-order valence-electron chi connectivity index (χ4n) is 2.55.